The summed E-state index contributed by atoms with van der Waals surface area (Å²) >= 11 is 0. The van der Waals surface area contributed by atoms with Crippen LogP contribution < -0.4 is 0 Å². The van der Waals surface area contributed by atoms with Crippen LogP contribution in [0, 0.1) is 0 Å². The van der Waals surface area contributed by atoms with Crippen LogP contribution in [0.2, 0.25) is 0 Å². The molecular weight excluding hydrogens is 671 g/mol. The van der Waals surface area contributed by atoms with Gasteiger partial charge in [-0.25, -0.2) is 15.0 Å². The van der Waals surface area contributed by atoms with E-state index in [1.54, 1.807) is 0 Å². The molecule has 0 N–H and O–H groups in total. The Morgan fingerprint density at radius 1 is 0.382 bits per heavy atom. The van der Waals surface area contributed by atoms with Crippen molar-refractivity contribution in [1.82, 2.24) is 15.0 Å². The van der Waals surface area contributed by atoms with Gasteiger partial charge >= 0.3 is 0 Å². The van der Waals surface area contributed by atoms with Gasteiger partial charge in [-0.05, 0) is 81.6 Å². The fourth-order valence-electron chi connectivity index (χ4n) is 9.31. The molecule has 2 aliphatic rings. The van der Waals surface area contributed by atoms with Crippen LogP contribution in [0.15, 0.2) is 168 Å². The van der Waals surface area contributed by atoms with Gasteiger partial charge in [0.15, 0.2) is 17.5 Å². The van der Waals surface area contributed by atoms with E-state index in [2.05, 4.69) is 103 Å². The molecule has 262 valence electrons. The first-order valence-corrected chi connectivity index (χ1v) is 19.4. The molecular formula is C51H37N3O. The summed E-state index contributed by atoms with van der Waals surface area (Å²) in [6, 6.07) is 58.2. The van der Waals surface area contributed by atoms with E-state index < -0.39 is 0 Å². The zero-order valence-corrected chi connectivity index (χ0v) is 30.4. The van der Waals surface area contributed by atoms with E-state index in [-0.39, 0.29) is 5.41 Å². The van der Waals surface area contributed by atoms with Crippen LogP contribution in [0.5, 0.6) is 0 Å². The number of benzene rings is 7. The molecule has 9 aromatic rings. The lowest BCUT2D eigenvalue weighted by molar-refractivity contribution is 0.353. The Balaban J connectivity index is 0.937. The molecule has 11 rings (SSSR count). The van der Waals surface area contributed by atoms with Crippen molar-refractivity contribution in [3.63, 3.8) is 0 Å². The van der Waals surface area contributed by atoms with E-state index in [0.29, 0.717) is 17.5 Å². The minimum atomic E-state index is 0.158. The lowest BCUT2D eigenvalue weighted by Crippen LogP contribution is -2.27. The highest BCUT2D eigenvalue weighted by atomic mass is 16.3. The molecule has 0 amide bonds. The molecule has 1 saturated carbocycles. The molecule has 0 bridgehead atoms. The quantitative estimate of drug-likeness (QED) is 0.179. The first-order chi connectivity index (χ1) is 27.2. The van der Waals surface area contributed by atoms with E-state index in [4.69, 9.17) is 19.4 Å². The van der Waals surface area contributed by atoms with Crippen molar-refractivity contribution in [2.45, 2.75) is 37.5 Å². The largest absolute Gasteiger partial charge is 0.456 e. The molecule has 1 spiro atoms. The van der Waals surface area contributed by atoms with Gasteiger partial charge in [0.1, 0.15) is 11.2 Å². The smallest absolute Gasteiger partial charge is 0.164 e. The monoisotopic (exact) mass is 707 g/mol. The fraction of sp³-hybridized carbons (Fsp3) is 0.118. The second-order valence-corrected chi connectivity index (χ2v) is 15.1. The summed E-state index contributed by atoms with van der Waals surface area (Å²) < 4.78 is 6.10. The van der Waals surface area contributed by atoms with Crippen LogP contribution >= 0.6 is 0 Å². The van der Waals surface area contributed by atoms with E-state index in [1.807, 2.05) is 60.7 Å². The molecule has 4 nitrogen and oxygen atoms in total. The Hall–Kier alpha value is -6.65. The van der Waals surface area contributed by atoms with Crippen molar-refractivity contribution in [3.8, 4) is 67.5 Å². The highest BCUT2D eigenvalue weighted by Crippen LogP contribution is 2.57. The molecule has 2 aromatic heterocycles. The molecule has 4 heteroatoms. The Kier molecular flexibility index (Phi) is 7.38. The molecule has 1 fully saturated rings. The summed E-state index contributed by atoms with van der Waals surface area (Å²) in [5.74, 6) is 1.90. The van der Waals surface area contributed by atoms with Crippen molar-refractivity contribution >= 4 is 21.9 Å². The number of rotatable bonds is 5. The van der Waals surface area contributed by atoms with Crippen molar-refractivity contribution in [2.75, 3.05) is 0 Å². The molecule has 0 aliphatic heterocycles. The number of hydrogen-bond acceptors (Lipinski definition) is 4. The Bertz CT molecular complexity index is 2880. The third-order valence-electron chi connectivity index (χ3n) is 12.0. The van der Waals surface area contributed by atoms with Crippen LogP contribution in [0.1, 0.15) is 43.2 Å². The summed E-state index contributed by atoms with van der Waals surface area (Å²) in [5.41, 5.74) is 15.5. The zero-order valence-electron chi connectivity index (χ0n) is 30.4. The number of aromatic nitrogens is 3. The topological polar surface area (TPSA) is 51.8 Å². The van der Waals surface area contributed by atoms with Gasteiger partial charge in [0.2, 0.25) is 0 Å². The maximum atomic E-state index is 6.10. The predicted molar refractivity (Wildman–Crippen MR) is 224 cm³/mol. The maximum Gasteiger partial charge on any atom is 0.164 e. The van der Waals surface area contributed by atoms with Gasteiger partial charge in [-0.1, -0.05) is 159 Å². The van der Waals surface area contributed by atoms with E-state index in [1.165, 1.54) is 71.0 Å². The van der Waals surface area contributed by atoms with Crippen molar-refractivity contribution in [3.05, 3.63) is 175 Å². The Labute approximate surface area is 320 Å². The first-order valence-electron chi connectivity index (χ1n) is 19.4. The van der Waals surface area contributed by atoms with Crippen LogP contribution in [0.3, 0.4) is 0 Å². The van der Waals surface area contributed by atoms with Crippen molar-refractivity contribution in [2.24, 2.45) is 0 Å². The fourth-order valence-corrected chi connectivity index (χ4v) is 9.31. The first kappa shape index (κ1) is 31.8. The highest BCUT2D eigenvalue weighted by molar-refractivity contribution is 6.06. The van der Waals surface area contributed by atoms with Gasteiger partial charge in [0.05, 0.1) is 0 Å². The molecule has 2 heterocycles. The minimum absolute atomic E-state index is 0.158. The molecule has 0 saturated heterocycles. The van der Waals surface area contributed by atoms with E-state index in [9.17, 15) is 0 Å². The number of furan rings is 1. The van der Waals surface area contributed by atoms with E-state index >= 15 is 0 Å². The zero-order chi connectivity index (χ0) is 36.3. The summed E-state index contributed by atoms with van der Waals surface area (Å²) in [5, 5.41) is 2.12. The van der Waals surface area contributed by atoms with Crippen LogP contribution in [-0.2, 0) is 5.41 Å². The lowest BCUT2D eigenvalue weighted by Gasteiger charge is -2.36. The van der Waals surface area contributed by atoms with E-state index in [0.717, 1.165) is 44.2 Å². The van der Waals surface area contributed by atoms with Gasteiger partial charge in [-0.2, -0.15) is 0 Å². The van der Waals surface area contributed by atoms with Gasteiger partial charge in [-0.15, -0.1) is 0 Å². The summed E-state index contributed by atoms with van der Waals surface area (Å²) in [6.07, 6.45) is 6.43. The third kappa shape index (κ3) is 5.24. The van der Waals surface area contributed by atoms with Gasteiger partial charge in [0.25, 0.3) is 0 Å². The van der Waals surface area contributed by atoms with Gasteiger partial charge in [0, 0.05) is 32.9 Å². The van der Waals surface area contributed by atoms with Gasteiger partial charge in [-0.3, -0.25) is 0 Å². The normalized spacial score (nSPS) is 14.3. The molecule has 0 radical (unpaired) electrons. The highest BCUT2D eigenvalue weighted by Gasteiger charge is 2.44. The lowest BCUT2D eigenvalue weighted by atomic mass is 9.68. The van der Waals surface area contributed by atoms with Crippen LogP contribution in [0.25, 0.3) is 89.5 Å². The Morgan fingerprint density at radius 2 is 0.927 bits per heavy atom. The van der Waals surface area contributed by atoms with Crippen LogP contribution in [0.4, 0.5) is 0 Å². The average molecular weight is 708 g/mol. The minimum Gasteiger partial charge on any atom is -0.456 e. The summed E-state index contributed by atoms with van der Waals surface area (Å²) in [6.45, 7) is 0. The molecule has 55 heavy (non-hydrogen) atoms. The van der Waals surface area contributed by atoms with Crippen molar-refractivity contribution < 1.29 is 4.42 Å². The summed E-state index contributed by atoms with van der Waals surface area (Å²) in [4.78, 5) is 15.0. The van der Waals surface area contributed by atoms with Crippen LogP contribution in [-0.4, -0.2) is 15.0 Å². The molecule has 7 aromatic carbocycles. The SMILES string of the molecule is c1ccc(-c2nc(-c3ccc(-c4ccc(-c5cccc6c5-c5ccccc5C65CCCCC5)cc4)cc3)nc(-c3ccc4oc5ccccc5c4c3)n2)cc1. The van der Waals surface area contributed by atoms with Gasteiger partial charge < -0.3 is 4.42 Å². The average Bonchev–Trinajstić information content (AvgIpc) is 3.77. The number of fused-ring (bicyclic) bond motifs is 8. The molecule has 0 unspecified atom stereocenters. The molecule has 2 aliphatic carbocycles. The maximum absolute atomic E-state index is 6.10. The third-order valence-corrected chi connectivity index (χ3v) is 12.0. The molecule has 0 atom stereocenters. The Morgan fingerprint density at radius 3 is 1.69 bits per heavy atom. The second-order valence-electron chi connectivity index (χ2n) is 15.1. The number of para-hydroxylation sites is 1. The standard InChI is InChI=1S/C51H37N3O/c1-3-12-36(13-4-1)48-52-49(54-50(53-48)38-28-29-46-42(32-38)40-14-6-8-19-45(40)55-46)37-26-22-34(23-27-37)33-20-24-35(25-21-33)39-16-11-18-44-47(39)41-15-5-7-17-43(41)51(44)30-9-2-10-31-51/h1,3-8,11-29,32H,2,9-10,30-31H2. The second kappa shape index (κ2) is 12.7. The number of nitrogens with zero attached hydrogens (tertiary/aromatic N) is 3. The predicted octanol–water partition coefficient (Wildman–Crippen LogP) is 13.3. The number of hydrogen-bond donors (Lipinski definition) is 0. The van der Waals surface area contributed by atoms with Crippen molar-refractivity contribution in [1.29, 1.82) is 0 Å². The summed E-state index contributed by atoms with van der Waals surface area (Å²) in [7, 11) is 0.